The molecule has 6 heteroatoms. The molecular weight excluding hydrogens is 237 g/mol. The standard InChI is InChI=1S/C6H6BrF3N2/c7-5(6(8,9)10)3-12-2-1-11-4-12/h1-2,4-5H,3H2. The van der Waals surface area contributed by atoms with Crippen LogP contribution in [0.1, 0.15) is 0 Å². The lowest BCUT2D eigenvalue weighted by Gasteiger charge is -2.13. The van der Waals surface area contributed by atoms with Crippen molar-refractivity contribution in [2.45, 2.75) is 17.5 Å². The number of rotatable bonds is 2. The molecule has 0 saturated heterocycles. The third-order valence-corrected chi connectivity index (χ3v) is 2.09. The smallest absolute Gasteiger partial charge is 0.336 e. The van der Waals surface area contributed by atoms with E-state index in [-0.39, 0.29) is 6.54 Å². The van der Waals surface area contributed by atoms with E-state index in [0.717, 1.165) is 0 Å². The Hall–Kier alpha value is -0.520. The Morgan fingerprint density at radius 3 is 2.58 bits per heavy atom. The molecule has 0 fully saturated rings. The molecule has 1 atom stereocenters. The van der Waals surface area contributed by atoms with Gasteiger partial charge in [-0.1, -0.05) is 15.9 Å². The lowest BCUT2D eigenvalue weighted by molar-refractivity contribution is -0.129. The third kappa shape index (κ3) is 2.51. The Balaban J connectivity index is 2.53. The minimum atomic E-state index is -4.20. The van der Waals surface area contributed by atoms with Gasteiger partial charge in [-0.3, -0.25) is 0 Å². The van der Waals surface area contributed by atoms with Crippen LogP contribution in [0.3, 0.4) is 0 Å². The zero-order valence-electron chi connectivity index (χ0n) is 5.92. The van der Waals surface area contributed by atoms with Gasteiger partial charge in [-0.2, -0.15) is 13.2 Å². The first-order chi connectivity index (χ1) is 5.50. The summed E-state index contributed by atoms with van der Waals surface area (Å²) in [6.45, 7) is -0.149. The van der Waals surface area contributed by atoms with Crippen molar-refractivity contribution in [1.82, 2.24) is 9.55 Å². The second kappa shape index (κ2) is 3.47. The van der Waals surface area contributed by atoms with Crippen LogP contribution in [0, 0.1) is 0 Å². The van der Waals surface area contributed by atoms with Gasteiger partial charge >= 0.3 is 6.18 Å². The molecule has 0 N–H and O–H groups in total. The van der Waals surface area contributed by atoms with Crippen LogP contribution in [0.25, 0.3) is 0 Å². The van der Waals surface area contributed by atoms with Gasteiger partial charge in [-0.15, -0.1) is 0 Å². The molecule has 1 unspecified atom stereocenters. The van der Waals surface area contributed by atoms with Gasteiger partial charge in [0.1, 0.15) is 4.83 Å². The molecule has 2 nitrogen and oxygen atoms in total. The second-order valence-electron chi connectivity index (χ2n) is 2.27. The number of imidazole rings is 1. The fourth-order valence-corrected chi connectivity index (χ4v) is 1.02. The summed E-state index contributed by atoms with van der Waals surface area (Å²) in [4.78, 5) is 2.12. The summed E-state index contributed by atoms with van der Waals surface area (Å²) in [5.74, 6) is 0. The molecule has 0 saturated carbocycles. The summed E-state index contributed by atoms with van der Waals surface area (Å²) in [5.41, 5.74) is 0. The van der Waals surface area contributed by atoms with Gasteiger partial charge in [0.15, 0.2) is 0 Å². The van der Waals surface area contributed by atoms with E-state index in [2.05, 4.69) is 20.9 Å². The molecule has 1 aromatic rings. The summed E-state index contributed by atoms with van der Waals surface area (Å²) < 4.78 is 37.2. The molecule has 0 spiro atoms. The van der Waals surface area contributed by atoms with Crippen LogP contribution in [-0.2, 0) is 6.54 Å². The van der Waals surface area contributed by atoms with Gasteiger partial charge in [0, 0.05) is 18.9 Å². The van der Waals surface area contributed by atoms with Crippen molar-refractivity contribution in [3.05, 3.63) is 18.7 Å². The zero-order valence-corrected chi connectivity index (χ0v) is 7.51. The van der Waals surface area contributed by atoms with Crippen LogP contribution in [0.5, 0.6) is 0 Å². The zero-order chi connectivity index (χ0) is 9.19. The van der Waals surface area contributed by atoms with E-state index < -0.39 is 11.0 Å². The molecule has 0 amide bonds. The Morgan fingerprint density at radius 1 is 1.50 bits per heavy atom. The maximum Gasteiger partial charge on any atom is 0.402 e. The summed E-state index contributed by atoms with van der Waals surface area (Å²) in [5, 5.41) is 0. The molecule has 0 bridgehead atoms. The fourth-order valence-electron chi connectivity index (χ4n) is 0.683. The topological polar surface area (TPSA) is 17.8 Å². The number of hydrogen-bond acceptors (Lipinski definition) is 1. The molecule has 0 aromatic carbocycles. The van der Waals surface area contributed by atoms with Crippen molar-refractivity contribution in [3.63, 3.8) is 0 Å². The molecule has 1 rings (SSSR count). The average Bonchev–Trinajstić information content (AvgIpc) is 2.37. The highest BCUT2D eigenvalue weighted by molar-refractivity contribution is 9.09. The molecule has 1 aromatic heterocycles. The van der Waals surface area contributed by atoms with Crippen molar-refractivity contribution < 1.29 is 13.2 Å². The summed E-state index contributed by atoms with van der Waals surface area (Å²) in [6.07, 6.45) is 0.0698. The molecular formula is C6H6BrF3N2. The number of aromatic nitrogens is 2. The van der Waals surface area contributed by atoms with Crippen LogP contribution < -0.4 is 0 Å². The van der Waals surface area contributed by atoms with Crippen molar-refractivity contribution in [3.8, 4) is 0 Å². The third-order valence-electron chi connectivity index (χ3n) is 1.29. The van der Waals surface area contributed by atoms with E-state index >= 15 is 0 Å². The van der Waals surface area contributed by atoms with Crippen LogP contribution in [-0.4, -0.2) is 20.6 Å². The fraction of sp³-hybridized carbons (Fsp3) is 0.500. The quantitative estimate of drug-likeness (QED) is 0.728. The van der Waals surface area contributed by atoms with E-state index in [1.807, 2.05) is 0 Å². The first-order valence-corrected chi connectivity index (χ1v) is 4.08. The van der Waals surface area contributed by atoms with E-state index in [1.54, 1.807) is 0 Å². The SMILES string of the molecule is FC(F)(F)C(Br)Cn1ccnc1. The molecule has 68 valence electrons. The van der Waals surface area contributed by atoms with Crippen LogP contribution in [0.4, 0.5) is 13.2 Å². The first-order valence-electron chi connectivity index (χ1n) is 3.16. The highest BCUT2D eigenvalue weighted by atomic mass is 79.9. The molecule has 0 aliphatic rings. The van der Waals surface area contributed by atoms with Crippen molar-refractivity contribution in [2.24, 2.45) is 0 Å². The minimum Gasteiger partial charge on any atom is -0.336 e. The molecule has 12 heavy (non-hydrogen) atoms. The summed E-state index contributed by atoms with van der Waals surface area (Å²) >= 11 is 2.55. The maximum atomic E-state index is 12.0. The van der Waals surface area contributed by atoms with Gasteiger partial charge in [0.2, 0.25) is 0 Å². The van der Waals surface area contributed by atoms with Gasteiger partial charge < -0.3 is 4.57 Å². The number of halogens is 4. The summed E-state index contributed by atoms with van der Waals surface area (Å²) in [7, 11) is 0. The average molecular weight is 243 g/mol. The highest BCUT2D eigenvalue weighted by Gasteiger charge is 2.37. The Morgan fingerprint density at radius 2 is 2.17 bits per heavy atom. The minimum absolute atomic E-state index is 0.149. The Labute approximate surface area is 75.5 Å². The number of hydrogen-bond donors (Lipinski definition) is 0. The van der Waals surface area contributed by atoms with E-state index in [9.17, 15) is 13.2 Å². The van der Waals surface area contributed by atoms with Crippen molar-refractivity contribution in [2.75, 3.05) is 0 Å². The van der Waals surface area contributed by atoms with Crippen LogP contribution in [0.15, 0.2) is 18.7 Å². The predicted octanol–water partition coefficient (Wildman–Crippen LogP) is 2.21. The van der Waals surface area contributed by atoms with Crippen LogP contribution >= 0.6 is 15.9 Å². The Bertz CT molecular complexity index is 231. The summed E-state index contributed by atoms with van der Waals surface area (Å²) in [6, 6.07) is 0. The highest BCUT2D eigenvalue weighted by Crippen LogP contribution is 2.27. The van der Waals surface area contributed by atoms with E-state index in [4.69, 9.17) is 0 Å². The molecule has 0 radical (unpaired) electrons. The van der Waals surface area contributed by atoms with E-state index in [0.29, 0.717) is 0 Å². The number of nitrogens with zero attached hydrogens (tertiary/aromatic N) is 2. The lowest BCUT2D eigenvalue weighted by Crippen LogP contribution is -2.27. The van der Waals surface area contributed by atoms with Gasteiger partial charge in [-0.25, -0.2) is 4.98 Å². The monoisotopic (exact) mass is 242 g/mol. The maximum absolute atomic E-state index is 12.0. The largest absolute Gasteiger partial charge is 0.402 e. The molecule has 0 aliphatic heterocycles. The first kappa shape index (κ1) is 9.57. The molecule has 0 aliphatic carbocycles. The number of alkyl halides is 4. The van der Waals surface area contributed by atoms with Gasteiger partial charge in [0.05, 0.1) is 6.33 Å². The van der Waals surface area contributed by atoms with Gasteiger partial charge in [0.25, 0.3) is 0 Å². The van der Waals surface area contributed by atoms with E-state index in [1.165, 1.54) is 23.3 Å². The lowest BCUT2D eigenvalue weighted by atomic mass is 10.4. The predicted molar refractivity (Wildman–Crippen MR) is 41.0 cm³/mol. The normalized spacial score (nSPS) is 14.7. The van der Waals surface area contributed by atoms with Gasteiger partial charge in [-0.05, 0) is 0 Å². The van der Waals surface area contributed by atoms with Crippen molar-refractivity contribution >= 4 is 15.9 Å². The molecule has 1 heterocycles. The van der Waals surface area contributed by atoms with Crippen LogP contribution in [0.2, 0.25) is 0 Å². The van der Waals surface area contributed by atoms with Crippen molar-refractivity contribution in [1.29, 1.82) is 0 Å². The Kier molecular flexibility index (Phi) is 2.76. The second-order valence-corrected chi connectivity index (χ2v) is 3.37.